The van der Waals surface area contributed by atoms with Gasteiger partial charge >= 0.3 is 6.03 Å². The topological polar surface area (TPSA) is 127 Å². The van der Waals surface area contributed by atoms with Gasteiger partial charge in [-0.25, -0.2) is 4.79 Å². The van der Waals surface area contributed by atoms with Crippen molar-refractivity contribution in [2.24, 2.45) is 11.0 Å². The number of rotatable bonds is 7. The van der Waals surface area contributed by atoms with Gasteiger partial charge in [-0.15, -0.1) is 0 Å². The second kappa shape index (κ2) is 8.20. The Kier molecular flexibility index (Phi) is 5.72. The molecule has 1 saturated carbocycles. The summed E-state index contributed by atoms with van der Waals surface area (Å²) in [5.74, 6) is -1.03. The van der Waals surface area contributed by atoms with Crippen LogP contribution < -0.4 is 21.0 Å². The molecule has 0 bridgehead atoms. The van der Waals surface area contributed by atoms with E-state index in [2.05, 4.69) is 21.1 Å². The summed E-state index contributed by atoms with van der Waals surface area (Å²) in [4.78, 5) is 36.8. The molecule has 1 atom stereocenters. The number of nitrogens with one attached hydrogen (secondary N) is 4. The second-order valence-corrected chi connectivity index (χ2v) is 7.03. The molecule has 1 aliphatic heterocycles. The summed E-state index contributed by atoms with van der Waals surface area (Å²) in [6, 6.07) is 8.67. The van der Waals surface area contributed by atoms with E-state index in [1.807, 2.05) is 30.3 Å². The van der Waals surface area contributed by atoms with Gasteiger partial charge in [-0.1, -0.05) is 31.0 Å². The van der Waals surface area contributed by atoms with E-state index in [0.29, 0.717) is 0 Å². The summed E-state index contributed by atoms with van der Waals surface area (Å²) < 4.78 is 0. The Morgan fingerprint density at radius 1 is 1.32 bits per heavy atom. The number of imide groups is 1. The Morgan fingerprint density at radius 3 is 2.57 bits per heavy atom. The number of benzene rings is 1. The number of carbonyl (C=O) groups is 3. The number of hydrogen-bond donors (Lipinski definition) is 4. The average molecular weight is 384 g/mol. The third kappa shape index (κ3) is 3.88. The summed E-state index contributed by atoms with van der Waals surface area (Å²) in [7, 11) is 1.68. The molecule has 0 aromatic heterocycles. The van der Waals surface area contributed by atoms with Gasteiger partial charge in [0.2, 0.25) is 0 Å². The van der Waals surface area contributed by atoms with Crippen molar-refractivity contribution in [2.75, 3.05) is 18.6 Å². The third-order valence-corrected chi connectivity index (χ3v) is 5.31. The highest BCUT2D eigenvalue weighted by Gasteiger charge is 2.52. The average Bonchev–Trinajstić information content (AvgIpc) is 3.33. The van der Waals surface area contributed by atoms with E-state index in [4.69, 9.17) is 5.41 Å². The fourth-order valence-corrected chi connectivity index (χ4v) is 3.79. The van der Waals surface area contributed by atoms with E-state index in [0.717, 1.165) is 37.6 Å². The molecule has 28 heavy (non-hydrogen) atoms. The lowest BCUT2D eigenvalue weighted by Crippen LogP contribution is -2.60. The van der Waals surface area contributed by atoms with Crippen LogP contribution in [0.25, 0.3) is 0 Å². The predicted molar refractivity (Wildman–Crippen MR) is 105 cm³/mol. The van der Waals surface area contributed by atoms with Crippen LogP contribution in [0.15, 0.2) is 35.4 Å². The molecule has 1 saturated heterocycles. The first-order chi connectivity index (χ1) is 13.5. The molecule has 2 fully saturated rings. The van der Waals surface area contributed by atoms with Crippen LogP contribution in [0.5, 0.6) is 0 Å². The molecular weight excluding hydrogens is 360 g/mol. The highest BCUT2D eigenvalue weighted by atomic mass is 16.2. The molecule has 1 aromatic carbocycles. The number of hydrazone groups is 1. The molecule has 0 spiro atoms. The van der Waals surface area contributed by atoms with Crippen LogP contribution in [0.1, 0.15) is 25.7 Å². The van der Waals surface area contributed by atoms with Gasteiger partial charge in [-0.2, -0.15) is 5.10 Å². The number of carbonyl (C=O) groups excluding carboxylic acids is 3. The summed E-state index contributed by atoms with van der Waals surface area (Å²) in [6.07, 6.45) is 4.46. The molecule has 9 nitrogen and oxygen atoms in total. The second-order valence-electron chi connectivity index (χ2n) is 7.03. The fourth-order valence-electron chi connectivity index (χ4n) is 3.79. The van der Waals surface area contributed by atoms with Gasteiger partial charge in [-0.3, -0.25) is 19.9 Å². The molecule has 1 unspecified atom stereocenters. The van der Waals surface area contributed by atoms with Crippen LogP contribution >= 0.6 is 0 Å². The minimum absolute atomic E-state index is 0.0355. The number of nitrogens with zero attached hydrogens (tertiary/aromatic N) is 2. The van der Waals surface area contributed by atoms with Crippen molar-refractivity contribution in [3.63, 3.8) is 0 Å². The van der Waals surface area contributed by atoms with Crippen molar-refractivity contribution < 1.29 is 14.4 Å². The maximum absolute atomic E-state index is 12.6. The minimum Gasteiger partial charge on any atom is -0.348 e. The monoisotopic (exact) mass is 384 g/mol. The molecule has 1 aliphatic carbocycles. The molecule has 0 radical (unpaired) electrons. The van der Waals surface area contributed by atoms with Gasteiger partial charge in [0.15, 0.2) is 5.71 Å². The van der Waals surface area contributed by atoms with Crippen molar-refractivity contribution in [3.8, 4) is 0 Å². The predicted octanol–water partition coefficient (Wildman–Crippen LogP) is 1.01. The highest BCUT2D eigenvalue weighted by Crippen LogP contribution is 2.35. The van der Waals surface area contributed by atoms with Gasteiger partial charge in [-0.05, 0) is 30.9 Å². The van der Waals surface area contributed by atoms with Gasteiger partial charge < -0.3 is 16.0 Å². The summed E-state index contributed by atoms with van der Waals surface area (Å²) >= 11 is 0. The zero-order valence-corrected chi connectivity index (χ0v) is 15.7. The van der Waals surface area contributed by atoms with E-state index in [1.54, 1.807) is 7.05 Å². The van der Waals surface area contributed by atoms with E-state index in [1.165, 1.54) is 5.01 Å². The Labute approximate surface area is 163 Å². The van der Waals surface area contributed by atoms with Crippen LogP contribution in [-0.4, -0.2) is 48.9 Å². The molecule has 4 N–H and O–H groups in total. The Bertz CT molecular complexity index is 803. The van der Waals surface area contributed by atoms with Crippen LogP contribution in [0.3, 0.4) is 0 Å². The lowest BCUT2D eigenvalue weighted by atomic mass is 9.82. The number of anilines is 1. The zero-order valence-electron chi connectivity index (χ0n) is 15.7. The molecule has 148 valence electrons. The SMILES string of the molecule is CN(/N=C(\C=N)C(=O)NCC1(C2CCCC2)NC(=O)NC1=O)c1ccccc1. The first kappa shape index (κ1) is 19.5. The van der Waals surface area contributed by atoms with Crippen molar-refractivity contribution in [1.29, 1.82) is 5.41 Å². The van der Waals surface area contributed by atoms with Gasteiger partial charge in [0, 0.05) is 7.05 Å². The molecule has 4 amide bonds. The third-order valence-electron chi connectivity index (χ3n) is 5.31. The van der Waals surface area contributed by atoms with Gasteiger partial charge in [0.1, 0.15) is 5.54 Å². The Hall–Kier alpha value is -3.23. The normalized spacial score (nSPS) is 22.5. The van der Waals surface area contributed by atoms with E-state index >= 15 is 0 Å². The van der Waals surface area contributed by atoms with E-state index in [9.17, 15) is 14.4 Å². The standard InChI is InChI=1S/C19H24N6O3/c1-25(14-9-3-2-4-10-14)24-15(11-20)16(26)21-12-19(13-7-5-6-8-13)17(27)22-18(28)23-19/h2-4,9-11,13,20H,5-8,12H2,1H3,(H,21,26)(H2,22,23,27,28)/b20-11?,24-15+. The summed E-state index contributed by atoms with van der Waals surface area (Å²) in [6.45, 7) is -0.0457. The van der Waals surface area contributed by atoms with Gasteiger partial charge in [0.05, 0.1) is 18.4 Å². The highest BCUT2D eigenvalue weighted by molar-refractivity contribution is 6.60. The first-order valence-electron chi connectivity index (χ1n) is 9.26. The Morgan fingerprint density at radius 2 is 2.00 bits per heavy atom. The van der Waals surface area contributed by atoms with Crippen LogP contribution in [0.2, 0.25) is 0 Å². The van der Waals surface area contributed by atoms with Crippen molar-refractivity contribution in [3.05, 3.63) is 30.3 Å². The molecule has 1 aromatic rings. The number of amides is 4. The van der Waals surface area contributed by atoms with Crippen LogP contribution in [0.4, 0.5) is 10.5 Å². The largest absolute Gasteiger partial charge is 0.348 e. The molecule has 9 heteroatoms. The van der Waals surface area contributed by atoms with Crippen LogP contribution in [0, 0.1) is 11.3 Å². The van der Waals surface area contributed by atoms with Gasteiger partial charge in [0.25, 0.3) is 11.8 Å². The summed E-state index contributed by atoms with van der Waals surface area (Å²) in [5.41, 5.74) is -0.487. The smallest absolute Gasteiger partial charge is 0.322 e. The molecular formula is C19H24N6O3. The number of hydrogen-bond acceptors (Lipinski definition) is 6. The number of urea groups is 1. The maximum atomic E-state index is 12.6. The molecule has 3 rings (SSSR count). The maximum Gasteiger partial charge on any atom is 0.322 e. The lowest BCUT2D eigenvalue weighted by Gasteiger charge is -2.32. The van der Waals surface area contributed by atoms with Crippen molar-refractivity contribution in [1.82, 2.24) is 16.0 Å². The Balaban J connectivity index is 1.73. The fraction of sp³-hybridized carbons (Fsp3) is 0.421. The zero-order chi connectivity index (χ0) is 20.1. The summed E-state index contributed by atoms with van der Waals surface area (Å²) in [5, 5.41) is 20.9. The quantitative estimate of drug-likeness (QED) is 0.318. The van der Waals surface area contributed by atoms with E-state index in [-0.39, 0.29) is 18.2 Å². The lowest BCUT2D eigenvalue weighted by molar-refractivity contribution is -0.126. The molecule has 1 heterocycles. The molecule has 2 aliphatic rings. The van der Waals surface area contributed by atoms with Crippen molar-refractivity contribution >= 4 is 35.5 Å². The van der Waals surface area contributed by atoms with Crippen molar-refractivity contribution in [2.45, 2.75) is 31.2 Å². The minimum atomic E-state index is -1.15. The number of para-hydroxylation sites is 1. The first-order valence-corrected chi connectivity index (χ1v) is 9.26. The van der Waals surface area contributed by atoms with Crippen LogP contribution in [-0.2, 0) is 9.59 Å². The van der Waals surface area contributed by atoms with E-state index < -0.39 is 23.4 Å².